The highest BCUT2D eigenvalue weighted by Crippen LogP contribution is 2.48. The van der Waals surface area contributed by atoms with Gasteiger partial charge in [0.1, 0.15) is 23.7 Å². The molecule has 1 aromatic heterocycles. The molecular weight excluding hydrogens is 775 g/mol. The van der Waals surface area contributed by atoms with Crippen LogP contribution in [0.4, 0.5) is 4.79 Å². The Morgan fingerprint density at radius 2 is 1.64 bits per heavy atom. The van der Waals surface area contributed by atoms with Crippen molar-refractivity contribution in [2.45, 2.75) is 81.3 Å². The first kappa shape index (κ1) is 41.2. The van der Waals surface area contributed by atoms with Gasteiger partial charge in [0.05, 0.1) is 18.4 Å². The number of hydrogen-bond donors (Lipinski definition) is 3. The minimum absolute atomic E-state index is 0.0000611. The number of amides is 4. The molecule has 1 aliphatic heterocycles. The zero-order valence-corrected chi connectivity index (χ0v) is 34.3. The van der Waals surface area contributed by atoms with Crippen LogP contribution >= 0.6 is 0 Å². The number of para-hydroxylation sites is 2. The predicted molar refractivity (Wildman–Crippen MR) is 220 cm³/mol. The number of nitrogens with zero attached hydrogens (tertiary/aromatic N) is 2. The number of nitrogens with one attached hydrogen (secondary N) is 3. The third-order valence-electron chi connectivity index (χ3n) is 11.4. The van der Waals surface area contributed by atoms with Crippen LogP contribution in [0, 0.1) is 11.3 Å². The molecule has 3 fully saturated rings. The van der Waals surface area contributed by atoms with Gasteiger partial charge in [-0.3, -0.25) is 19.1 Å². The molecule has 0 radical (unpaired) electrons. The highest BCUT2D eigenvalue weighted by atomic mass is 32.2. The molecule has 3 N–H and O–H groups in total. The van der Waals surface area contributed by atoms with Gasteiger partial charge < -0.3 is 29.7 Å². The summed E-state index contributed by atoms with van der Waals surface area (Å²) in [6.07, 6.45) is 2.58. The van der Waals surface area contributed by atoms with Crippen LogP contribution in [0.2, 0.25) is 0 Å². The van der Waals surface area contributed by atoms with Crippen LogP contribution in [0.3, 0.4) is 0 Å². The van der Waals surface area contributed by atoms with Crippen LogP contribution < -0.4 is 29.6 Å². The summed E-state index contributed by atoms with van der Waals surface area (Å²) in [4.78, 5) is 62.5. The molecule has 2 heterocycles. The molecule has 59 heavy (non-hydrogen) atoms. The van der Waals surface area contributed by atoms with E-state index in [2.05, 4.69) is 26.9 Å². The second-order valence-corrected chi connectivity index (χ2v) is 18.7. The number of methoxy groups -OCH3 is 1. The summed E-state index contributed by atoms with van der Waals surface area (Å²) in [5.41, 5.74) is -1.68. The zero-order valence-electron chi connectivity index (χ0n) is 33.5. The van der Waals surface area contributed by atoms with Crippen LogP contribution in [0.15, 0.2) is 104 Å². The van der Waals surface area contributed by atoms with E-state index in [-0.39, 0.29) is 31.6 Å². The molecule has 2 aliphatic carbocycles. The molecule has 4 aromatic rings. The van der Waals surface area contributed by atoms with Crippen molar-refractivity contribution in [3.63, 3.8) is 0 Å². The lowest BCUT2D eigenvalue weighted by Crippen LogP contribution is -2.60. The van der Waals surface area contributed by atoms with E-state index in [1.165, 1.54) is 18.1 Å². The Bertz CT molecular complexity index is 2380. The Hall–Kier alpha value is -5.96. The fourth-order valence-electron chi connectivity index (χ4n) is 7.79. The molecule has 0 bridgehead atoms. The number of rotatable bonds is 14. The van der Waals surface area contributed by atoms with Crippen LogP contribution in [0.1, 0.15) is 52.0 Å². The maximum absolute atomic E-state index is 14.7. The van der Waals surface area contributed by atoms with E-state index >= 15 is 0 Å². The third-order valence-corrected chi connectivity index (χ3v) is 13.6. The number of carbonyl (C=O) groups is 4. The van der Waals surface area contributed by atoms with E-state index < -0.39 is 73.6 Å². The summed E-state index contributed by atoms with van der Waals surface area (Å²) in [5, 5.41) is 7.16. The average molecular weight is 824 g/mol. The van der Waals surface area contributed by atoms with Gasteiger partial charge in [0.15, 0.2) is 11.5 Å². The molecule has 310 valence electrons. The zero-order chi connectivity index (χ0) is 42.2. The minimum Gasteiger partial charge on any atom is -0.493 e. The quantitative estimate of drug-likeness (QED) is 0.145. The van der Waals surface area contributed by atoms with Crippen molar-refractivity contribution in [1.29, 1.82) is 0 Å². The molecule has 3 aliphatic rings. The van der Waals surface area contributed by atoms with E-state index in [1.54, 1.807) is 51.2 Å². The molecule has 7 rings (SSSR count). The number of fused-ring (bicyclic) bond motifs is 1. The van der Waals surface area contributed by atoms with Crippen LogP contribution in [-0.2, 0) is 30.8 Å². The lowest BCUT2D eigenvalue weighted by atomic mass is 9.85. The average Bonchev–Trinajstić information content (AvgIpc) is 4.11. The molecule has 14 nitrogen and oxygen atoms in total. The summed E-state index contributed by atoms with van der Waals surface area (Å²) in [6, 6.07) is 22.7. The topological polar surface area (TPSA) is 182 Å². The molecule has 4 amide bonds. The van der Waals surface area contributed by atoms with Gasteiger partial charge in [-0.25, -0.2) is 18.2 Å². The molecule has 2 saturated carbocycles. The minimum atomic E-state index is -4.16. The second kappa shape index (κ2) is 16.0. The first-order valence-corrected chi connectivity index (χ1v) is 21.1. The number of benzene rings is 3. The van der Waals surface area contributed by atoms with E-state index in [0.717, 1.165) is 16.3 Å². The summed E-state index contributed by atoms with van der Waals surface area (Å²) < 4.78 is 46.0. The first-order chi connectivity index (χ1) is 28.1. The Balaban J connectivity index is 1.14. The molecule has 1 saturated heterocycles. The molecule has 0 unspecified atom stereocenters. The van der Waals surface area contributed by atoms with E-state index in [0.29, 0.717) is 24.5 Å². The first-order valence-electron chi connectivity index (χ1n) is 19.6. The van der Waals surface area contributed by atoms with Crippen LogP contribution in [0.5, 0.6) is 17.4 Å². The van der Waals surface area contributed by atoms with Gasteiger partial charge in [0, 0.05) is 23.9 Å². The normalized spacial score (nSPS) is 22.4. The third kappa shape index (κ3) is 8.47. The van der Waals surface area contributed by atoms with E-state index in [9.17, 15) is 27.6 Å². The fraction of sp³-hybridized carbons (Fsp3) is 0.386. The number of likely N-dealkylation sites (tertiary alicyclic amines) is 1. The van der Waals surface area contributed by atoms with Crippen molar-refractivity contribution < 1.29 is 41.8 Å². The Morgan fingerprint density at radius 1 is 0.966 bits per heavy atom. The van der Waals surface area contributed by atoms with Crippen LogP contribution in [-0.4, -0.2) is 84.2 Å². The van der Waals surface area contributed by atoms with Gasteiger partial charge in [-0.2, -0.15) is 0 Å². The standard InChI is InChI=1S/C44H49N5O9S/c1-6-30-26-44(30,40(52)48-59(54,55)43(21-22-43)25-28-14-8-7-9-15-28)47-37(50)33-24-31(57-38-32-17-11-10-16-29(32)20-23-45-38)27-49(33)39(51)36(42(2,3)4)46-41(53)58-35-19-13-12-18-34(35)56-5/h6-20,23,30-31,33,36H,1,21-22,24-27H2,2-5H3,(H,46,53)(H,47,50)(H,48,52)/t30-,31-,33+,36-,44-/m1/s1. The Morgan fingerprint density at radius 3 is 2.31 bits per heavy atom. The summed E-state index contributed by atoms with van der Waals surface area (Å²) in [5.74, 6) is -1.97. The maximum atomic E-state index is 14.7. The molecular formula is C44H49N5O9S. The van der Waals surface area contributed by atoms with Crippen molar-refractivity contribution in [3.05, 3.63) is 109 Å². The monoisotopic (exact) mass is 823 g/mol. The molecule has 15 heteroatoms. The largest absolute Gasteiger partial charge is 0.493 e. The smallest absolute Gasteiger partial charge is 0.413 e. The van der Waals surface area contributed by atoms with Gasteiger partial charge in [0.2, 0.25) is 27.7 Å². The summed E-state index contributed by atoms with van der Waals surface area (Å²) in [7, 11) is -2.73. The fourth-order valence-corrected chi connectivity index (χ4v) is 9.43. The number of hydrogen-bond acceptors (Lipinski definition) is 10. The summed E-state index contributed by atoms with van der Waals surface area (Å²) >= 11 is 0. The van der Waals surface area contributed by atoms with Gasteiger partial charge in [-0.15, -0.1) is 6.58 Å². The predicted octanol–water partition coefficient (Wildman–Crippen LogP) is 5.08. The van der Waals surface area contributed by atoms with Crippen molar-refractivity contribution in [3.8, 4) is 17.4 Å². The van der Waals surface area contributed by atoms with Crippen molar-refractivity contribution in [2.24, 2.45) is 11.3 Å². The molecule has 0 spiro atoms. The van der Waals surface area contributed by atoms with Crippen molar-refractivity contribution in [2.75, 3.05) is 13.7 Å². The lowest BCUT2D eigenvalue weighted by Gasteiger charge is -2.35. The maximum Gasteiger partial charge on any atom is 0.413 e. The second-order valence-electron chi connectivity index (χ2n) is 16.6. The number of carbonyl (C=O) groups excluding carboxylic acids is 4. The number of aromatic nitrogens is 1. The highest BCUT2D eigenvalue weighted by molar-refractivity contribution is 7.91. The molecule has 3 aromatic carbocycles. The van der Waals surface area contributed by atoms with Gasteiger partial charge in [0.25, 0.3) is 5.91 Å². The molecule has 5 atom stereocenters. The van der Waals surface area contributed by atoms with Crippen molar-refractivity contribution in [1.82, 2.24) is 25.2 Å². The van der Waals surface area contributed by atoms with E-state index in [4.69, 9.17) is 14.2 Å². The number of pyridine rings is 1. The van der Waals surface area contributed by atoms with Crippen LogP contribution in [0.25, 0.3) is 10.8 Å². The summed E-state index contributed by atoms with van der Waals surface area (Å²) in [6.45, 7) is 9.06. The van der Waals surface area contributed by atoms with E-state index in [1.807, 2.05) is 60.7 Å². The highest BCUT2D eigenvalue weighted by Gasteiger charge is 2.63. The number of ether oxygens (including phenoxy) is 3. The Labute approximate surface area is 343 Å². The lowest BCUT2D eigenvalue weighted by molar-refractivity contribution is -0.142. The SMILES string of the molecule is C=C[C@@H]1C[C@]1(NC(=O)[C@@H]1C[C@@H](Oc2nccc3ccccc23)CN1C(=O)[C@@H](NC(=O)Oc1ccccc1OC)C(C)(C)C)C(=O)NS(=O)(=O)C1(Cc2ccccc2)CC1. The Kier molecular flexibility index (Phi) is 11.2. The van der Waals surface area contributed by atoms with Gasteiger partial charge in [-0.05, 0) is 66.3 Å². The van der Waals surface area contributed by atoms with Gasteiger partial charge in [-0.1, -0.05) is 87.5 Å². The number of sulfonamides is 1. The van der Waals surface area contributed by atoms with Crippen molar-refractivity contribution >= 4 is 44.6 Å². The van der Waals surface area contributed by atoms with Gasteiger partial charge >= 0.3 is 6.09 Å².